The molecule has 1 amide bonds. The highest BCUT2D eigenvalue weighted by atomic mass is 79.9. The van der Waals surface area contributed by atoms with Gasteiger partial charge in [0.15, 0.2) is 0 Å². The van der Waals surface area contributed by atoms with Crippen LogP contribution in [0.25, 0.3) is 0 Å². The summed E-state index contributed by atoms with van der Waals surface area (Å²) in [5, 5.41) is 4.30. The van der Waals surface area contributed by atoms with Gasteiger partial charge >= 0.3 is 0 Å². The van der Waals surface area contributed by atoms with Crippen molar-refractivity contribution >= 4 is 27.5 Å². The molecule has 21 heavy (non-hydrogen) atoms. The Morgan fingerprint density at radius 1 is 1.10 bits per heavy atom. The Morgan fingerprint density at radius 2 is 1.76 bits per heavy atom. The van der Waals surface area contributed by atoms with Crippen molar-refractivity contribution in [2.24, 2.45) is 5.10 Å². The molecular formula is C17H17BrN2O. The number of rotatable bonds is 5. The molecule has 0 aliphatic carbocycles. The smallest absolute Gasteiger partial charge is 0.267 e. The van der Waals surface area contributed by atoms with Gasteiger partial charge in [0.05, 0.1) is 11.3 Å². The van der Waals surface area contributed by atoms with Gasteiger partial charge < -0.3 is 0 Å². The van der Waals surface area contributed by atoms with Crippen molar-refractivity contribution in [2.45, 2.75) is 19.8 Å². The van der Waals surface area contributed by atoms with E-state index in [4.69, 9.17) is 0 Å². The number of amides is 1. The minimum absolute atomic E-state index is 0.216. The zero-order chi connectivity index (χ0) is 15.1. The predicted octanol–water partition coefficient (Wildman–Crippen LogP) is 4.38. The molecule has 0 heterocycles. The predicted molar refractivity (Wildman–Crippen MR) is 89.5 cm³/mol. The zero-order valence-electron chi connectivity index (χ0n) is 11.8. The van der Waals surface area contributed by atoms with Crippen LogP contribution in [0.3, 0.4) is 0 Å². The lowest BCUT2D eigenvalue weighted by Gasteiger charge is -2.07. The van der Waals surface area contributed by atoms with Crippen LogP contribution in [0.5, 0.6) is 0 Å². The summed E-state index contributed by atoms with van der Waals surface area (Å²) in [6.45, 7) is 2.09. The molecule has 0 fully saturated rings. The van der Waals surface area contributed by atoms with Crippen LogP contribution in [0.15, 0.2) is 64.2 Å². The van der Waals surface area contributed by atoms with Gasteiger partial charge in [-0.3, -0.25) is 4.79 Å². The third-order valence-electron chi connectivity index (χ3n) is 3.00. The van der Waals surface area contributed by atoms with E-state index in [9.17, 15) is 4.79 Å². The highest BCUT2D eigenvalue weighted by molar-refractivity contribution is 9.10. The fraction of sp³-hybridized carbons (Fsp3) is 0.176. The average molecular weight is 345 g/mol. The van der Waals surface area contributed by atoms with Gasteiger partial charge in [-0.15, -0.1) is 0 Å². The third-order valence-corrected chi connectivity index (χ3v) is 3.70. The molecule has 4 heteroatoms. The topological polar surface area (TPSA) is 41.5 Å². The van der Waals surface area contributed by atoms with Crippen molar-refractivity contribution in [1.29, 1.82) is 0 Å². The zero-order valence-corrected chi connectivity index (χ0v) is 13.4. The number of hydrogen-bond acceptors (Lipinski definition) is 2. The van der Waals surface area contributed by atoms with E-state index in [-0.39, 0.29) is 5.91 Å². The summed E-state index contributed by atoms with van der Waals surface area (Å²) < 4.78 is 0.759. The van der Waals surface area contributed by atoms with Crippen molar-refractivity contribution < 1.29 is 4.79 Å². The maximum atomic E-state index is 12.2. The molecule has 1 N–H and O–H groups in total. The van der Waals surface area contributed by atoms with Crippen LogP contribution in [-0.4, -0.2) is 11.6 Å². The molecule has 3 nitrogen and oxygen atoms in total. The first-order valence-electron chi connectivity index (χ1n) is 6.89. The SMILES string of the molecule is CCC/C(=N/NC(=O)c1ccccc1Br)c1ccccc1. The van der Waals surface area contributed by atoms with Gasteiger partial charge in [0.2, 0.25) is 0 Å². The van der Waals surface area contributed by atoms with Crippen molar-refractivity contribution in [3.8, 4) is 0 Å². The van der Waals surface area contributed by atoms with Crippen molar-refractivity contribution in [2.75, 3.05) is 0 Å². The van der Waals surface area contributed by atoms with E-state index >= 15 is 0 Å². The second-order valence-corrected chi connectivity index (χ2v) is 5.45. The van der Waals surface area contributed by atoms with Crippen LogP contribution in [0.2, 0.25) is 0 Å². The minimum Gasteiger partial charge on any atom is -0.267 e. The Bertz CT molecular complexity index is 638. The van der Waals surface area contributed by atoms with E-state index < -0.39 is 0 Å². The molecule has 2 aromatic rings. The van der Waals surface area contributed by atoms with Crippen LogP contribution < -0.4 is 5.43 Å². The van der Waals surface area contributed by atoms with Gasteiger partial charge in [-0.05, 0) is 40.0 Å². The Hall–Kier alpha value is -1.94. The van der Waals surface area contributed by atoms with E-state index in [0.29, 0.717) is 5.56 Å². The van der Waals surface area contributed by atoms with E-state index in [1.165, 1.54) is 0 Å². The summed E-state index contributed by atoms with van der Waals surface area (Å²) >= 11 is 3.37. The summed E-state index contributed by atoms with van der Waals surface area (Å²) in [5.74, 6) is -0.216. The maximum Gasteiger partial charge on any atom is 0.272 e. The quantitative estimate of drug-likeness (QED) is 0.634. The third kappa shape index (κ3) is 4.26. The lowest BCUT2D eigenvalue weighted by Crippen LogP contribution is -2.20. The number of carbonyl (C=O) groups excluding carboxylic acids is 1. The normalized spacial score (nSPS) is 11.2. The van der Waals surface area contributed by atoms with Gasteiger partial charge in [-0.25, -0.2) is 5.43 Å². The van der Waals surface area contributed by atoms with Gasteiger partial charge in [-0.1, -0.05) is 55.8 Å². The highest BCUT2D eigenvalue weighted by Crippen LogP contribution is 2.15. The molecule has 0 unspecified atom stereocenters. The highest BCUT2D eigenvalue weighted by Gasteiger charge is 2.09. The van der Waals surface area contributed by atoms with Crippen molar-refractivity contribution in [3.63, 3.8) is 0 Å². The molecule has 2 rings (SSSR count). The van der Waals surface area contributed by atoms with Crippen LogP contribution in [0, 0.1) is 0 Å². The summed E-state index contributed by atoms with van der Waals surface area (Å²) in [6.07, 6.45) is 1.79. The Balaban J connectivity index is 2.17. The fourth-order valence-electron chi connectivity index (χ4n) is 1.96. The fourth-order valence-corrected chi connectivity index (χ4v) is 2.42. The second-order valence-electron chi connectivity index (χ2n) is 4.60. The summed E-state index contributed by atoms with van der Waals surface area (Å²) in [4.78, 5) is 12.2. The summed E-state index contributed by atoms with van der Waals surface area (Å²) in [6, 6.07) is 17.2. The molecule has 108 valence electrons. The van der Waals surface area contributed by atoms with Crippen molar-refractivity contribution in [1.82, 2.24) is 5.43 Å². The molecule has 0 saturated carbocycles. The number of nitrogens with zero attached hydrogens (tertiary/aromatic N) is 1. The summed E-state index contributed by atoms with van der Waals surface area (Å²) in [7, 11) is 0. The van der Waals surface area contributed by atoms with E-state index in [1.54, 1.807) is 6.07 Å². The molecule has 0 atom stereocenters. The number of hydrazone groups is 1. The molecule has 0 radical (unpaired) electrons. The second kappa shape index (κ2) is 7.74. The van der Waals surface area contributed by atoms with Gasteiger partial charge in [-0.2, -0.15) is 5.10 Å². The van der Waals surface area contributed by atoms with E-state index in [1.807, 2.05) is 48.5 Å². The lowest BCUT2D eigenvalue weighted by molar-refractivity contribution is 0.0954. The number of hydrogen-bond donors (Lipinski definition) is 1. The first-order chi connectivity index (χ1) is 10.2. The Labute approximate surface area is 133 Å². The molecule has 0 aromatic heterocycles. The van der Waals surface area contributed by atoms with Crippen LogP contribution in [-0.2, 0) is 0 Å². The Morgan fingerprint density at radius 3 is 2.43 bits per heavy atom. The standard InChI is InChI=1S/C17H17BrN2O/c1-2-8-16(13-9-4-3-5-10-13)19-20-17(21)14-11-6-7-12-15(14)18/h3-7,9-12H,2,8H2,1H3,(H,20,21)/b19-16-. The maximum absolute atomic E-state index is 12.2. The number of benzene rings is 2. The van der Waals surface area contributed by atoms with E-state index in [0.717, 1.165) is 28.6 Å². The molecule has 0 bridgehead atoms. The molecule has 0 aliphatic heterocycles. The summed E-state index contributed by atoms with van der Waals surface area (Å²) in [5.41, 5.74) is 5.14. The Kier molecular flexibility index (Phi) is 5.69. The largest absolute Gasteiger partial charge is 0.272 e. The average Bonchev–Trinajstić information content (AvgIpc) is 2.52. The number of carbonyl (C=O) groups is 1. The molecule has 2 aromatic carbocycles. The van der Waals surface area contributed by atoms with Crippen molar-refractivity contribution in [3.05, 3.63) is 70.2 Å². The molecule has 0 spiro atoms. The van der Waals surface area contributed by atoms with Gasteiger partial charge in [0.25, 0.3) is 5.91 Å². The molecular weight excluding hydrogens is 328 g/mol. The monoisotopic (exact) mass is 344 g/mol. The lowest BCUT2D eigenvalue weighted by atomic mass is 10.1. The van der Waals surface area contributed by atoms with Crippen LogP contribution in [0.1, 0.15) is 35.7 Å². The number of halogens is 1. The molecule has 0 aliphatic rings. The minimum atomic E-state index is -0.216. The van der Waals surface area contributed by atoms with Crippen LogP contribution >= 0.6 is 15.9 Å². The van der Waals surface area contributed by atoms with Crippen LogP contribution in [0.4, 0.5) is 0 Å². The first kappa shape index (κ1) is 15.4. The van der Waals surface area contributed by atoms with E-state index in [2.05, 4.69) is 33.4 Å². The van der Waals surface area contributed by atoms with Gasteiger partial charge in [0.1, 0.15) is 0 Å². The first-order valence-corrected chi connectivity index (χ1v) is 7.68. The number of nitrogens with one attached hydrogen (secondary N) is 1. The molecule has 0 saturated heterocycles. The van der Waals surface area contributed by atoms with Gasteiger partial charge in [0, 0.05) is 4.47 Å².